The standard InChI is InChI=1S/C26H23NO6/c1-14-9-19-11-18(26(30)31-19)12-21-23(15(2)25(29)33-21)20(10-14)32-22(28)13-17-6-3-5-16-7-4-8-27-24(16)17/h3-8,10-11,19-21,23H,2,9,12-13H2,1H3/b14-10+/t19-,20-,21+,23+/m1/s1. The van der Waals surface area contributed by atoms with Gasteiger partial charge in [0, 0.05) is 35.6 Å². The fraction of sp³-hybridized carbons (Fsp3) is 0.308. The summed E-state index contributed by atoms with van der Waals surface area (Å²) in [5, 5.41) is 0.939. The van der Waals surface area contributed by atoms with E-state index in [1.165, 1.54) is 0 Å². The number of fused-ring (bicyclic) bond motifs is 3. The van der Waals surface area contributed by atoms with Crippen molar-refractivity contribution in [2.45, 2.75) is 44.5 Å². The van der Waals surface area contributed by atoms with Gasteiger partial charge in [-0.25, -0.2) is 9.59 Å². The fourth-order valence-electron chi connectivity index (χ4n) is 4.77. The lowest BCUT2D eigenvalue weighted by atomic mass is 9.85. The average Bonchev–Trinajstić information content (AvgIpc) is 3.25. The highest BCUT2D eigenvalue weighted by atomic mass is 16.6. The number of esters is 3. The highest BCUT2D eigenvalue weighted by Crippen LogP contribution is 2.38. The van der Waals surface area contributed by atoms with Gasteiger partial charge in [0.25, 0.3) is 0 Å². The van der Waals surface area contributed by atoms with Crippen molar-refractivity contribution >= 4 is 28.8 Å². The van der Waals surface area contributed by atoms with Crippen LogP contribution in [-0.4, -0.2) is 41.2 Å². The van der Waals surface area contributed by atoms with Gasteiger partial charge in [-0.15, -0.1) is 0 Å². The highest BCUT2D eigenvalue weighted by Gasteiger charge is 2.46. The summed E-state index contributed by atoms with van der Waals surface area (Å²) in [4.78, 5) is 42.0. The smallest absolute Gasteiger partial charge is 0.334 e. The molecule has 7 heteroatoms. The van der Waals surface area contributed by atoms with Gasteiger partial charge in [0.1, 0.15) is 18.3 Å². The largest absolute Gasteiger partial charge is 0.458 e. The number of carbonyl (C=O) groups excluding carboxylic acids is 3. The van der Waals surface area contributed by atoms with Crippen LogP contribution in [0.1, 0.15) is 25.3 Å². The fourth-order valence-corrected chi connectivity index (χ4v) is 4.77. The van der Waals surface area contributed by atoms with E-state index in [1.807, 2.05) is 43.3 Å². The van der Waals surface area contributed by atoms with Gasteiger partial charge < -0.3 is 14.2 Å². The molecule has 1 aliphatic carbocycles. The Morgan fingerprint density at radius 3 is 2.79 bits per heavy atom. The Hall–Kier alpha value is -3.74. The van der Waals surface area contributed by atoms with Crippen LogP contribution in [0.2, 0.25) is 0 Å². The molecule has 2 aliphatic heterocycles. The van der Waals surface area contributed by atoms with E-state index in [9.17, 15) is 14.4 Å². The van der Waals surface area contributed by atoms with Crippen LogP contribution in [0.4, 0.5) is 0 Å². The topological polar surface area (TPSA) is 91.8 Å². The molecule has 3 heterocycles. The lowest BCUT2D eigenvalue weighted by Gasteiger charge is -2.26. The third kappa shape index (κ3) is 4.06. The molecule has 0 saturated carbocycles. The molecule has 1 aromatic carbocycles. The second-order valence-electron chi connectivity index (χ2n) is 8.68. The molecule has 33 heavy (non-hydrogen) atoms. The van der Waals surface area contributed by atoms with Crippen LogP contribution < -0.4 is 0 Å². The first kappa shape index (κ1) is 21.1. The first-order valence-electron chi connectivity index (χ1n) is 10.9. The molecule has 0 radical (unpaired) electrons. The van der Waals surface area contributed by atoms with Crippen molar-refractivity contribution < 1.29 is 28.6 Å². The Labute approximate surface area is 190 Å². The maximum atomic E-state index is 13.0. The number of nitrogens with zero attached hydrogens (tertiary/aromatic N) is 1. The number of benzene rings is 1. The van der Waals surface area contributed by atoms with Crippen LogP contribution in [0.25, 0.3) is 10.9 Å². The van der Waals surface area contributed by atoms with E-state index in [2.05, 4.69) is 11.6 Å². The van der Waals surface area contributed by atoms with Crippen molar-refractivity contribution in [1.29, 1.82) is 0 Å². The molecule has 2 aromatic rings. The second kappa shape index (κ2) is 8.31. The number of hydrogen-bond acceptors (Lipinski definition) is 7. The summed E-state index contributed by atoms with van der Waals surface area (Å²) in [6.45, 7) is 5.77. The third-order valence-corrected chi connectivity index (χ3v) is 6.30. The van der Waals surface area contributed by atoms with Crippen LogP contribution in [0.15, 0.2) is 72.0 Å². The van der Waals surface area contributed by atoms with Crippen LogP contribution in [0, 0.1) is 5.92 Å². The molecule has 0 N–H and O–H groups in total. The number of rotatable bonds is 3. The summed E-state index contributed by atoms with van der Waals surface area (Å²) in [6.07, 6.45) is 4.20. The molecule has 3 aliphatic rings. The van der Waals surface area contributed by atoms with E-state index in [1.54, 1.807) is 12.3 Å². The van der Waals surface area contributed by atoms with Crippen molar-refractivity contribution in [2.24, 2.45) is 5.92 Å². The minimum absolute atomic E-state index is 0.0335. The first-order chi connectivity index (χ1) is 15.9. The molecule has 0 spiro atoms. The molecule has 1 aromatic heterocycles. The number of aromatic nitrogens is 1. The van der Waals surface area contributed by atoms with Crippen LogP contribution in [-0.2, 0) is 35.0 Å². The van der Waals surface area contributed by atoms with Gasteiger partial charge in [-0.05, 0) is 30.7 Å². The predicted molar refractivity (Wildman–Crippen MR) is 119 cm³/mol. The zero-order valence-electron chi connectivity index (χ0n) is 18.2. The van der Waals surface area contributed by atoms with Gasteiger partial charge in [-0.1, -0.05) is 36.4 Å². The van der Waals surface area contributed by atoms with Crippen LogP contribution in [0.5, 0.6) is 0 Å². The zero-order valence-corrected chi connectivity index (χ0v) is 18.2. The normalized spacial score (nSPS) is 28.3. The summed E-state index contributed by atoms with van der Waals surface area (Å²) in [5.74, 6) is -1.98. The lowest BCUT2D eigenvalue weighted by molar-refractivity contribution is -0.149. The molecule has 0 amide bonds. The first-order valence-corrected chi connectivity index (χ1v) is 10.9. The monoisotopic (exact) mass is 445 g/mol. The van der Waals surface area contributed by atoms with Crippen molar-refractivity contribution in [3.05, 3.63) is 77.5 Å². The summed E-state index contributed by atoms with van der Waals surface area (Å²) in [6, 6.07) is 9.45. The number of hydrogen-bond donors (Lipinski definition) is 0. The maximum Gasteiger partial charge on any atom is 0.334 e. The second-order valence-corrected chi connectivity index (χ2v) is 8.68. The van der Waals surface area contributed by atoms with Gasteiger partial charge in [0.05, 0.1) is 17.9 Å². The third-order valence-electron chi connectivity index (χ3n) is 6.30. The summed E-state index contributed by atoms with van der Waals surface area (Å²) in [7, 11) is 0. The number of carbonyl (C=O) groups is 3. The molecular weight excluding hydrogens is 422 g/mol. The van der Waals surface area contributed by atoms with Crippen molar-refractivity contribution in [1.82, 2.24) is 4.98 Å². The summed E-state index contributed by atoms with van der Waals surface area (Å²) >= 11 is 0. The van der Waals surface area contributed by atoms with Gasteiger partial charge in [-0.3, -0.25) is 9.78 Å². The van der Waals surface area contributed by atoms with Crippen molar-refractivity contribution in [3.8, 4) is 0 Å². The van der Waals surface area contributed by atoms with Crippen molar-refractivity contribution in [2.75, 3.05) is 0 Å². The molecule has 1 saturated heterocycles. The minimum Gasteiger partial charge on any atom is -0.458 e. The van der Waals surface area contributed by atoms with E-state index < -0.39 is 36.0 Å². The van der Waals surface area contributed by atoms with E-state index in [-0.39, 0.29) is 24.5 Å². The quantitative estimate of drug-likeness (QED) is 0.310. The minimum atomic E-state index is -0.752. The lowest BCUT2D eigenvalue weighted by Crippen LogP contribution is -2.33. The van der Waals surface area contributed by atoms with Crippen LogP contribution >= 0.6 is 0 Å². The Kier molecular flexibility index (Phi) is 5.32. The van der Waals surface area contributed by atoms with Crippen LogP contribution in [0.3, 0.4) is 0 Å². The van der Waals surface area contributed by atoms with Gasteiger partial charge >= 0.3 is 17.9 Å². The molecule has 0 unspecified atom stereocenters. The molecule has 4 atom stereocenters. The molecule has 5 rings (SSSR count). The van der Waals surface area contributed by atoms with Gasteiger partial charge in [0.2, 0.25) is 0 Å². The number of para-hydroxylation sites is 1. The Morgan fingerprint density at radius 1 is 1.12 bits per heavy atom. The Morgan fingerprint density at radius 2 is 1.94 bits per heavy atom. The Bertz CT molecular complexity index is 1240. The molecule has 168 valence electrons. The predicted octanol–water partition coefficient (Wildman–Crippen LogP) is 3.38. The number of pyridine rings is 1. The van der Waals surface area contributed by atoms with E-state index in [4.69, 9.17) is 14.2 Å². The molecule has 2 bridgehead atoms. The summed E-state index contributed by atoms with van der Waals surface area (Å²) < 4.78 is 16.8. The van der Waals surface area contributed by atoms with E-state index >= 15 is 0 Å². The Balaban J connectivity index is 1.43. The zero-order chi connectivity index (χ0) is 23.1. The maximum absolute atomic E-state index is 13.0. The SMILES string of the molecule is C=C1C(=O)O[C@H]2CC3=C[C@@H](C/C(C)=C/[C@@H](OC(=O)Cc4cccc5cccnc45)[C@H]12)OC3=O. The number of ether oxygens (including phenoxy) is 3. The van der Waals surface area contributed by atoms with Gasteiger partial charge in [0.15, 0.2) is 0 Å². The molecular formula is C26H23NO6. The molecule has 1 fully saturated rings. The van der Waals surface area contributed by atoms with E-state index in [0.29, 0.717) is 12.0 Å². The van der Waals surface area contributed by atoms with E-state index in [0.717, 1.165) is 22.0 Å². The van der Waals surface area contributed by atoms with Gasteiger partial charge in [-0.2, -0.15) is 0 Å². The van der Waals surface area contributed by atoms with Crippen molar-refractivity contribution in [3.63, 3.8) is 0 Å². The molecule has 7 nitrogen and oxygen atoms in total. The highest BCUT2D eigenvalue weighted by molar-refractivity contribution is 5.93. The summed E-state index contributed by atoms with van der Waals surface area (Å²) in [5.41, 5.74) is 3.09. The average molecular weight is 445 g/mol.